The van der Waals surface area contributed by atoms with Gasteiger partial charge >= 0.3 is 0 Å². The number of aliphatic hydroxyl groups excluding tert-OH is 1. The lowest BCUT2D eigenvalue weighted by atomic mass is 10.0. The number of fused-ring (bicyclic) bond motifs is 2. The second-order valence-corrected chi connectivity index (χ2v) is 10.5. The van der Waals surface area contributed by atoms with E-state index in [1.54, 1.807) is 18.6 Å². The van der Waals surface area contributed by atoms with Crippen molar-refractivity contribution < 1.29 is 9.90 Å². The van der Waals surface area contributed by atoms with Crippen molar-refractivity contribution in [1.29, 1.82) is 0 Å². The normalized spacial score (nSPS) is 19.3. The van der Waals surface area contributed by atoms with Crippen LogP contribution in [0.15, 0.2) is 49.0 Å². The van der Waals surface area contributed by atoms with E-state index in [1.807, 2.05) is 24.3 Å². The van der Waals surface area contributed by atoms with E-state index in [-0.39, 0.29) is 11.8 Å². The third-order valence-corrected chi connectivity index (χ3v) is 7.72. The summed E-state index contributed by atoms with van der Waals surface area (Å²) >= 11 is 0. The third-order valence-electron chi connectivity index (χ3n) is 7.72. The van der Waals surface area contributed by atoms with Crippen LogP contribution in [0.5, 0.6) is 0 Å². The summed E-state index contributed by atoms with van der Waals surface area (Å²) in [6.45, 7) is 1.77. The molecule has 10 nitrogen and oxygen atoms in total. The first-order valence-electron chi connectivity index (χ1n) is 13.6. The summed E-state index contributed by atoms with van der Waals surface area (Å²) in [6, 6.07) is 3.93. The highest BCUT2D eigenvalue weighted by Crippen LogP contribution is 2.34. The van der Waals surface area contributed by atoms with E-state index in [2.05, 4.69) is 41.4 Å². The summed E-state index contributed by atoms with van der Waals surface area (Å²) < 4.78 is 0. The average molecular weight is 523 g/mol. The zero-order valence-electron chi connectivity index (χ0n) is 21.5. The molecule has 10 heteroatoms. The lowest BCUT2D eigenvalue weighted by molar-refractivity contribution is -0.117. The molecule has 39 heavy (non-hydrogen) atoms. The lowest BCUT2D eigenvalue weighted by Crippen LogP contribution is -2.33. The first-order valence-corrected chi connectivity index (χ1v) is 13.6. The van der Waals surface area contributed by atoms with Crippen LogP contribution in [-0.4, -0.2) is 65.4 Å². The number of hydrogen-bond acceptors (Lipinski definition) is 7. The molecular formula is C29H30N8O2. The Kier molecular flexibility index (Phi) is 6.05. The van der Waals surface area contributed by atoms with Crippen LogP contribution < -0.4 is 5.32 Å². The van der Waals surface area contributed by atoms with Gasteiger partial charge in [-0.15, -0.1) is 0 Å². The highest BCUT2D eigenvalue weighted by Gasteiger charge is 2.30. The van der Waals surface area contributed by atoms with Gasteiger partial charge in [-0.1, -0.05) is 18.2 Å². The molecule has 1 atom stereocenters. The van der Waals surface area contributed by atoms with E-state index in [0.717, 1.165) is 90.8 Å². The smallest absolute Gasteiger partial charge is 0.227 e. The quantitative estimate of drug-likeness (QED) is 0.300. The van der Waals surface area contributed by atoms with Crippen molar-refractivity contribution in [3.05, 3.63) is 60.3 Å². The van der Waals surface area contributed by atoms with Crippen molar-refractivity contribution >= 4 is 28.2 Å². The van der Waals surface area contributed by atoms with Crippen LogP contribution in [-0.2, 0) is 11.2 Å². The van der Waals surface area contributed by atoms with Gasteiger partial charge in [0.15, 0.2) is 11.5 Å². The number of H-pyrrole nitrogens is 2. The number of carbonyl (C=O) groups excluding carboxylic acids is 1. The number of nitrogens with one attached hydrogen (secondary N) is 3. The van der Waals surface area contributed by atoms with Gasteiger partial charge in [-0.2, -0.15) is 5.10 Å². The Morgan fingerprint density at radius 1 is 1.13 bits per heavy atom. The maximum absolute atomic E-state index is 12.2. The van der Waals surface area contributed by atoms with E-state index in [4.69, 9.17) is 4.98 Å². The van der Waals surface area contributed by atoms with Crippen molar-refractivity contribution in [2.75, 3.05) is 18.4 Å². The molecule has 198 valence electrons. The Balaban J connectivity index is 1.24. The summed E-state index contributed by atoms with van der Waals surface area (Å²) in [4.78, 5) is 31.7. The molecule has 1 unspecified atom stereocenters. The van der Waals surface area contributed by atoms with Gasteiger partial charge in [0.05, 0.1) is 23.0 Å². The molecule has 1 aliphatic heterocycles. The van der Waals surface area contributed by atoms with Crippen LogP contribution in [0.25, 0.3) is 39.3 Å². The molecule has 4 aromatic rings. The molecule has 3 aliphatic rings. The summed E-state index contributed by atoms with van der Waals surface area (Å²) in [5, 5.41) is 22.6. The van der Waals surface area contributed by atoms with Crippen molar-refractivity contribution in [3.63, 3.8) is 0 Å². The molecule has 4 N–H and O–H groups in total. The molecule has 2 aliphatic carbocycles. The number of likely N-dealkylation sites (tertiary alicyclic amines) is 1. The summed E-state index contributed by atoms with van der Waals surface area (Å²) in [7, 11) is 0. The summed E-state index contributed by atoms with van der Waals surface area (Å²) in [5.41, 5.74) is 6.30. The highest BCUT2D eigenvalue weighted by atomic mass is 16.3. The third kappa shape index (κ3) is 4.66. The first-order chi connectivity index (χ1) is 19.1. The van der Waals surface area contributed by atoms with Crippen LogP contribution in [0.2, 0.25) is 0 Å². The number of imidazole rings is 1. The zero-order chi connectivity index (χ0) is 26.3. The van der Waals surface area contributed by atoms with Crippen LogP contribution in [0.1, 0.15) is 43.5 Å². The molecule has 0 bridgehead atoms. The molecule has 7 rings (SSSR count). The molecule has 2 fully saturated rings. The standard InChI is InChI=1S/C29H30N8O2/c38-28(17-8-9-17)32-20-12-18(14-30-16-20)19-13-22-25(35-36-26(22)31-15-19)27-33-23-7-3-1-2-6-21(24(23)34-27)29(39)37-10-4-5-11-37/h1-2,6,12-17,29,39H,3-5,7-11H2,(H,32,38)(H,33,34)(H,31,35,36)/b2-1-,21-6?. The van der Waals surface area contributed by atoms with Crippen LogP contribution in [0.3, 0.4) is 0 Å². The number of allylic oxidation sites excluding steroid dienone is 3. The Hall–Kier alpha value is -4.15. The fraction of sp³-hybridized carbons (Fsp3) is 0.345. The van der Waals surface area contributed by atoms with Gasteiger partial charge in [-0.3, -0.25) is 19.8 Å². The van der Waals surface area contributed by atoms with Crippen molar-refractivity contribution in [1.82, 2.24) is 35.0 Å². The van der Waals surface area contributed by atoms with Crippen LogP contribution in [0, 0.1) is 5.92 Å². The monoisotopic (exact) mass is 522 g/mol. The number of aromatic nitrogens is 6. The molecule has 1 saturated heterocycles. The van der Waals surface area contributed by atoms with Gasteiger partial charge < -0.3 is 15.4 Å². The number of amides is 1. The Bertz CT molecular complexity index is 1610. The molecule has 0 radical (unpaired) electrons. The molecule has 1 amide bonds. The van der Waals surface area contributed by atoms with Crippen LogP contribution in [0.4, 0.5) is 5.69 Å². The summed E-state index contributed by atoms with van der Waals surface area (Å²) in [6.07, 6.45) is 16.4. The topological polar surface area (TPSA) is 136 Å². The number of hydrogen-bond donors (Lipinski definition) is 4. The lowest BCUT2D eigenvalue weighted by Gasteiger charge is -2.25. The SMILES string of the molecule is O=C(Nc1cncc(-c2cnc3n[nH]c(-c4nc5c([nH]4)CC/C=C\C=C5C(O)N4CCCC4)c3c2)c1)C1CC1. The highest BCUT2D eigenvalue weighted by molar-refractivity contribution is 5.95. The van der Waals surface area contributed by atoms with Gasteiger partial charge in [0.2, 0.25) is 5.91 Å². The maximum Gasteiger partial charge on any atom is 0.227 e. The van der Waals surface area contributed by atoms with Gasteiger partial charge in [0, 0.05) is 53.8 Å². The zero-order valence-corrected chi connectivity index (χ0v) is 21.5. The number of carbonyl (C=O) groups is 1. The molecule has 5 heterocycles. The molecule has 0 aromatic carbocycles. The Morgan fingerprint density at radius 3 is 2.82 bits per heavy atom. The summed E-state index contributed by atoms with van der Waals surface area (Å²) in [5.74, 6) is 0.827. The van der Waals surface area contributed by atoms with Gasteiger partial charge in [-0.05, 0) is 50.7 Å². The molecule has 4 aromatic heterocycles. The number of nitrogens with zero attached hydrogens (tertiary/aromatic N) is 5. The largest absolute Gasteiger partial charge is 0.374 e. The number of aliphatic hydroxyl groups is 1. The molecule has 1 saturated carbocycles. The molecule has 0 spiro atoms. The van der Waals surface area contributed by atoms with E-state index in [1.165, 1.54) is 0 Å². The minimum absolute atomic E-state index is 0.0477. The Morgan fingerprint density at radius 2 is 1.97 bits per heavy atom. The van der Waals surface area contributed by atoms with Crippen molar-refractivity contribution in [3.8, 4) is 22.6 Å². The second-order valence-electron chi connectivity index (χ2n) is 10.5. The van der Waals surface area contributed by atoms with E-state index >= 15 is 0 Å². The first kappa shape index (κ1) is 23.9. The fourth-order valence-electron chi connectivity index (χ4n) is 5.41. The fourth-order valence-corrected chi connectivity index (χ4v) is 5.41. The van der Waals surface area contributed by atoms with E-state index in [0.29, 0.717) is 17.2 Å². The van der Waals surface area contributed by atoms with E-state index in [9.17, 15) is 9.90 Å². The second kappa shape index (κ2) is 9.87. The predicted molar refractivity (Wildman–Crippen MR) is 148 cm³/mol. The minimum Gasteiger partial charge on any atom is -0.374 e. The number of aromatic amines is 2. The number of rotatable bonds is 6. The number of pyridine rings is 2. The number of aryl methyl sites for hydroxylation is 1. The van der Waals surface area contributed by atoms with Gasteiger partial charge in [-0.25, -0.2) is 9.97 Å². The predicted octanol–water partition coefficient (Wildman–Crippen LogP) is 4.06. The Labute approximate surface area is 225 Å². The van der Waals surface area contributed by atoms with E-state index < -0.39 is 6.23 Å². The number of anilines is 1. The van der Waals surface area contributed by atoms with Crippen molar-refractivity contribution in [2.45, 2.75) is 44.8 Å². The van der Waals surface area contributed by atoms with Crippen molar-refractivity contribution in [2.24, 2.45) is 5.92 Å². The van der Waals surface area contributed by atoms with Gasteiger partial charge in [0.25, 0.3) is 0 Å². The van der Waals surface area contributed by atoms with Crippen LogP contribution >= 0.6 is 0 Å². The van der Waals surface area contributed by atoms with Gasteiger partial charge in [0.1, 0.15) is 11.9 Å². The maximum atomic E-state index is 12.2. The molecular weight excluding hydrogens is 492 g/mol. The average Bonchev–Trinajstić information content (AvgIpc) is 3.30. The minimum atomic E-state index is -0.697.